The molecule has 2 aliphatic rings. The average Bonchev–Trinajstić information content (AvgIpc) is 3.16. The number of aromatic amines is 1. The van der Waals surface area contributed by atoms with Crippen molar-refractivity contribution in [3.8, 4) is 0 Å². The van der Waals surface area contributed by atoms with Crippen molar-refractivity contribution < 1.29 is 4.79 Å². The third kappa shape index (κ3) is 3.31. The van der Waals surface area contributed by atoms with Gasteiger partial charge in [-0.1, -0.05) is 18.6 Å². The predicted octanol–water partition coefficient (Wildman–Crippen LogP) is 1.90. The van der Waals surface area contributed by atoms with E-state index < -0.39 is 0 Å². The zero-order chi connectivity index (χ0) is 17.2. The lowest BCUT2D eigenvalue weighted by Gasteiger charge is -2.36. The number of piperidine rings is 1. The Balaban J connectivity index is 1.57. The van der Waals surface area contributed by atoms with Crippen molar-refractivity contribution in [1.82, 2.24) is 19.8 Å². The zero-order valence-corrected chi connectivity index (χ0v) is 14.4. The first-order chi connectivity index (χ1) is 12.2. The lowest BCUT2D eigenvalue weighted by Crippen LogP contribution is -2.50. The fourth-order valence-corrected chi connectivity index (χ4v) is 4.01. The van der Waals surface area contributed by atoms with Gasteiger partial charge in [0.2, 0.25) is 5.91 Å². The molecule has 1 aromatic heterocycles. The number of rotatable bonds is 3. The number of para-hydroxylation sites is 1. The van der Waals surface area contributed by atoms with Crippen LogP contribution in [0, 0.1) is 0 Å². The van der Waals surface area contributed by atoms with E-state index in [1.807, 2.05) is 23.1 Å². The van der Waals surface area contributed by atoms with Crippen LogP contribution in [0.5, 0.6) is 0 Å². The summed E-state index contributed by atoms with van der Waals surface area (Å²) in [7, 11) is 0. The minimum Gasteiger partial charge on any atom is -0.341 e. The lowest BCUT2D eigenvalue weighted by molar-refractivity contribution is -0.137. The fourth-order valence-electron chi connectivity index (χ4n) is 4.01. The normalized spacial score (nSPS) is 21.8. The number of carbonyl (C=O) groups is 1. The molecule has 2 saturated heterocycles. The summed E-state index contributed by atoms with van der Waals surface area (Å²) in [6.45, 7) is 3.16. The molecule has 1 amide bonds. The van der Waals surface area contributed by atoms with Crippen LogP contribution < -0.4 is 5.56 Å². The summed E-state index contributed by atoms with van der Waals surface area (Å²) >= 11 is 0. The molecule has 0 bridgehead atoms. The molecule has 2 aliphatic heterocycles. The number of hydrogen-bond acceptors (Lipinski definition) is 4. The molecule has 6 nitrogen and oxygen atoms in total. The van der Waals surface area contributed by atoms with Crippen LogP contribution >= 0.6 is 0 Å². The number of nitrogens with one attached hydrogen (secondary N) is 1. The number of H-pyrrole nitrogens is 1. The van der Waals surface area contributed by atoms with Crippen LogP contribution in [0.15, 0.2) is 29.1 Å². The molecule has 0 radical (unpaired) electrons. The molecule has 1 atom stereocenters. The minimum atomic E-state index is -0.111. The van der Waals surface area contributed by atoms with E-state index in [0.29, 0.717) is 23.3 Å². The van der Waals surface area contributed by atoms with Gasteiger partial charge < -0.3 is 9.88 Å². The van der Waals surface area contributed by atoms with Crippen LogP contribution in [0.3, 0.4) is 0 Å². The van der Waals surface area contributed by atoms with Crippen molar-refractivity contribution >= 4 is 16.8 Å². The van der Waals surface area contributed by atoms with E-state index in [4.69, 9.17) is 0 Å². The van der Waals surface area contributed by atoms with Gasteiger partial charge in [-0.05, 0) is 44.4 Å². The van der Waals surface area contributed by atoms with Crippen molar-refractivity contribution in [2.24, 2.45) is 0 Å². The highest BCUT2D eigenvalue weighted by Gasteiger charge is 2.33. The molecule has 1 aromatic carbocycles. The molecule has 2 fully saturated rings. The highest BCUT2D eigenvalue weighted by Crippen LogP contribution is 2.22. The zero-order valence-electron chi connectivity index (χ0n) is 14.4. The molecule has 1 unspecified atom stereocenters. The molecule has 0 spiro atoms. The Bertz CT molecular complexity index is 826. The molecule has 0 aliphatic carbocycles. The van der Waals surface area contributed by atoms with Crippen molar-refractivity contribution in [2.75, 3.05) is 19.6 Å². The third-order valence-corrected chi connectivity index (χ3v) is 5.33. The predicted molar refractivity (Wildman–Crippen MR) is 96.2 cm³/mol. The van der Waals surface area contributed by atoms with Gasteiger partial charge in [0.05, 0.1) is 23.5 Å². The number of likely N-dealkylation sites (tertiary alicyclic amines) is 2. The second kappa shape index (κ2) is 6.96. The summed E-state index contributed by atoms with van der Waals surface area (Å²) in [6.07, 6.45) is 5.28. The van der Waals surface area contributed by atoms with Crippen LogP contribution in [0.2, 0.25) is 0 Å². The first kappa shape index (κ1) is 16.3. The summed E-state index contributed by atoms with van der Waals surface area (Å²) in [5.74, 6) is 0.894. The van der Waals surface area contributed by atoms with Gasteiger partial charge in [0.25, 0.3) is 5.56 Å². The Labute approximate surface area is 146 Å². The van der Waals surface area contributed by atoms with Gasteiger partial charge in [-0.2, -0.15) is 0 Å². The first-order valence-electron chi connectivity index (χ1n) is 9.23. The van der Waals surface area contributed by atoms with Crippen LogP contribution in [0.1, 0.15) is 37.9 Å². The van der Waals surface area contributed by atoms with Gasteiger partial charge in [0.1, 0.15) is 5.82 Å². The molecule has 1 N–H and O–H groups in total. The Hall–Kier alpha value is -2.21. The summed E-state index contributed by atoms with van der Waals surface area (Å²) in [5, 5.41) is 0.606. The van der Waals surface area contributed by atoms with Crippen molar-refractivity contribution in [2.45, 2.75) is 44.7 Å². The number of benzene rings is 1. The molecule has 4 rings (SSSR count). The first-order valence-corrected chi connectivity index (χ1v) is 9.23. The Morgan fingerprint density at radius 2 is 1.88 bits per heavy atom. The second-order valence-electron chi connectivity index (χ2n) is 7.04. The fraction of sp³-hybridized carbons (Fsp3) is 0.526. The summed E-state index contributed by atoms with van der Waals surface area (Å²) < 4.78 is 0. The number of carbonyl (C=O) groups excluding carboxylic acids is 1. The van der Waals surface area contributed by atoms with E-state index in [1.54, 1.807) is 6.07 Å². The van der Waals surface area contributed by atoms with Gasteiger partial charge in [-0.25, -0.2) is 4.98 Å². The Morgan fingerprint density at radius 3 is 2.72 bits per heavy atom. The van der Waals surface area contributed by atoms with E-state index in [-0.39, 0.29) is 17.5 Å². The molecule has 132 valence electrons. The van der Waals surface area contributed by atoms with E-state index in [2.05, 4.69) is 14.9 Å². The van der Waals surface area contributed by atoms with Crippen LogP contribution in [-0.4, -0.2) is 51.4 Å². The third-order valence-electron chi connectivity index (χ3n) is 5.33. The van der Waals surface area contributed by atoms with Gasteiger partial charge in [0.15, 0.2) is 0 Å². The molecular weight excluding hydrogens is 316 g/mol. The maximum absolute atomic E-state index is 12.9. The number of amides is 1. The van der Waals surface area contributed by atoms with E-state index in [9.17, 15) is 9.59 Å². The van der Waals surface area contributed by atoms with Crippen LogP contribution in [-0.2, 0) is 11.3 Å². The molecule has 0 saturated carbocycles. The Kier molecular flexibility index (Phi) is 4.53. The van der Waals surface area contributed by atoms with Gasteiger partial charge in [-0.15, -0.1) is 0 Å². The van der Waals surface area contributed by atoms with Crippen LogP contribution in [0.4, 0.5) is 0 Å². The molecule has 3 heterocycles. The number of fused-ring (bicyclic) bond motifs is 1. The monoisotopic (exact) mass is 340 g/mol. The SMILES string of the molecule is O=C(C1CCCCN1Cc1nc2ccccc2c(=O)[nH]1)N1CCCC1. The number of nitrogens with zero attached hydrogens (tertiary/aromatic N) is 3. The lowest BCUT2D eigenvalue weighted by atomic mass is 10.0. The van der Waals surface area contributed by atoms with Crippen molar-refractivity contribution in [1.29, 1.82) is 0 Å². The summed E-state index contributed by atoms with van der Waals surface area (Å²) in [5.41, 5.74) is 0.598. The van der Waals surface area contributed by atoms with Gasteiger partial charge in [0, 0.05) is 13.1 Å². The van der Waals surface area contributed by atoms with E-state index in [0.717, 1.165) is 51.7 Å². The topological polar surface area (TPSA) is 69.3 Å². The van der Waals surface area contributed by atoms with Crippen molar-refractivity contribution in [3.05, 3.63) is 40.4 Å². The largest absolute Gasteiger partial charge is 0.341 e. The van der Waals surface area contributed by atoms with Gasteiger partial charge >= 0.3 is 0 Å². The smallest absolute Gasteiger partial charge is 0.258 e. The number of hydrogen-bond donors (Lipinski definition) is 1. The molecule has 25 heavy (non-hydrogen) atoms. The van der Waals surface area contributed by atoms with Crippen LogP contribution in [0.25, 0.3) is 10.9 Å². The summed E-state index contributed by atoms with van der Waals surface area (Å²) in [6, 6.07) is 7.29. The van der Waals surface area contributed by atoms with E-state index in [1.165, 1.54) is 0 Å². The van der Waals surface area contributed by atoms with E-state index >= 15 is 0 Å². The van der Waals surface area contributed by atoms with Crippen molar-refractivity contribution in [3.63, 3.8) is 0 Å². The molecule has 2 aromatic rings. The highest BCUT2D eigenvalue weighted by molar-refractivity contribution is 5.82. The van der Waals surface area contributed by atoms with Gasteiger partial charge in [-0.3, -0.25) is 14.5 Å². The maximum atomic E-state index is 12.9. The maximum Gasteiger partial charge on any atom is 0.258 e. The second-order valence-corrected chi connectivity index (χ2v) is 7.04. The highest BCUT2D eigenvalue weighted by atomic mass is 16.2. The average molecular weight is 340 g/mol. The standard InChI is InChI=1S/C19H24N4O2/c24-18-14-7-1-2-8-15(14)20-17(21-18)13-23-12-4-3-9-16(23)19(25)22-10-5-6-11-22/h1-2,7-8,16H,3-6,9-13H2,(H,20,21,24). The number of aromatic nitrogens is 2. The quantitative estimate of drug-likeness (QED) is 0.926. The minimum absolute atomic E-state index is 0.0800. The summed E-state index contributed by atoms with van der Waals surface area (Å²) in [4.78, 5) is 36.8. The Morgan fingerprint density at radius 1 is 1.12 bits per heavy atom. The molecule has 6 heteroatoms. The molecular formula is C19H24N4O2.